The monoisotopic (exact) mass is 504 g/mol. The van der Waals surface area contributed by atoms with E-state index in [0.717, 1.165) is 70.3 Å². The van der Waals surface area contributed by atoms with Gasteiger partial charge in [-0.25, -0.2) is 0 Å². The maximum absolute atomic E-state index is 13.5. The molecular weight excluding hydrogens is 461 g/mol. The molecule has 0 aliphatic rings. The summed E-state index contributed by atoms with van der Waals surface area (Å²) in [6.45, 7) is 10.1. The lowest BCUT2D eigenvalue weighted by Crippen LogP contribution is -2.39. The van der Waals surface area contributed by atoms with E-state index in [9.17, 15) is 18.0 Å². The minimum absolute atomic E-state index is 0.0825. The van der Waals surface area contributed by atoms with Crippen LogP contribution in [-0.4, -0.2) is 41.9 Å². The minimum atomic E-state index is -4.37. The zero-order valence-electron chi connectivity index (χ0n) is 22.2. The zero-order valence-corrected chi connectivity index (χ0v) is 22.2. The van der Waals surface area contributed by atoms with Crippen molar-refractivity contribution < 1.29 is 18.0 Å². The number of halogens is 3. The number of aryl methyl sites for hydroxylation is 1. The molecule has 2 aromatic carbocycles. The summed E-state index contributed by atoms with van der Waals surface area (Å²) in [5.41, 5.74) is 1.86. The molecule has 0 saturated heterocycles. The molecular formula is C30H43F3N2O. The Labute approximate surface area is 215 Å². The molecule has 0 atom stereocenters. The van der Waals surface area contributed by atoms with Crippen molar-refractivity contribution in [1.82, 2.24) is 9.80 Å². The molecule has 200 valence electrons. The van der Waals surface area contributed by atoms with Crippen molar-refractivity contribution in [1.29, 1.82) is 0 Å². The average Bonchev–Trinajstić information content (AvgIpc) is 2.87. The molecule has 2 rings (SSSR count). The topological polar surface area (TPSA) is 23.6 Å². The highest BCUT2D eigenvalue weighted by Crippen LogP contribution is 2.29. The number of rotatable bonds is 16. The second-order valence-corrected chi connectivity index (χ2v) is 9.62. The van der Waals surface area contributed by atoms with Crippen LogP contribution in [0.5, 0.6) is 0 Å². The molecule has 0 aromatic heterocycles. The van der Waals surface area contributed by atoms with Crippen molar-refractivity contribution in [3.8, 4) is 0 Å². The minimum Gasteiger partial charge on any atom is -0.333 e. The van der Waals surface area contributed by atoms with E-state index in [4.69, 9.17) is 0 Å². The van der Waals surface area contributed by atoms with Gasteiger partial charge in [-0.3, -0.25) is 4.79 Å². The number of benzene rings is 2. The third kappa shape index (κ3) is 10.3. The first-order valence-electron chi connectivity index (χ1n) is 13.5. The molecule has 3 nitrogen and oxygen atoms in total. The van der Waals surface area contributed by atoms with Crippen LogP contribution in [0.15, 0.2) is 48.5 Å². The van der Waals surface area contributed by atoms with Gasteiger partial charge in [0.15, 0.2) is 0 Å². The van der Waals surface area contributed by atoms with E-state index in [-0.39, 0.29) is 12.5 Å². The Morgan fingerprint density at radius 2 is 1.25 bits per heavy atom. The van der Waals surface area contributed by atoms with E-state index >= 15 is 0 Å². The number of carbonyl (C=O) groups is 1. The number of nitrogens with zero attached hydrogens (tertiary/aromatic N) is 2. The Hall–Kier alpha value is -2.34. The Morgan fingerprint density at radius 1 is 0.694 bits per heavy atom. The molecule has 2 aromatic rings. The lowest BCUT2D eigenvalue weighted by molar-refractivity contribution is -0.137. The smallest absolute Gasteiger partial charge is 0.333 e. The SMILES string of the molecule is CCCCCc1ccc(C(=O)N(CCN(CCCC)CCCC)Cc2ccc(C(F)(F)F)cc2)cc1. The maximum Gasteiger partial charge on any atom is 0.416 e. The Kier molecular flexibility index (Phi) is 13.0. The molecule has 0 heterocycles. The van der Waals surface area contributed by atoms with Crippen molar-refractivity contribution >= 4 is 5.91 Å². The van der Waals surface area contributed by atoms with Crippen LogP contribution in [0, 0.1) is 0 Å². The Morgan fingerprint density at radius 3 is 1.78 bits per heavy atom. The summed E-state index contributed by atoms with van der Waals surface area (Å²) >= 11 is 0. The molecule has 0 spiro atoms. The molecule has 0 fully saturated rings. The molecule has 0 bridgehead atoms. The molecule has 0 unspecified atom stereocenters. The number of unbranched alkanes of at least 4 members (excludes halogenated alkanes) is 4. The first-order chi connectivity index (χ1) is 17.3. The van der Waals surface area contributed by atoms with Gasteiger partial charge in [-0.15, -0.1) is 0 Å². The van der Waals surface area contributed by atoms with Gasteiger partial charge in [-0.1, -0.05) is 70.7 Å². The second-order valence-electron chi connectivity index (χ2n) is 9.62. The van der Waals surface area contributed by atoms with Gasteiger partial charge in [0.25, 0.3) is 5.91 Å². The highest BCUT2D eigenvalue weighted by molar-refractivity contribution is 5.94. The fourth-order valence-electron chi connectivity index (χ4n) is 4.21. The molecule has 36 heavy (non-hydrogen) atoms. The van der Waals surface area contributed by atoms with Gasteiger partial charge in [-0.05, 0) is 74.2 Å². The molecule has 0 aliphatic carbocycles. The first kappa shape index (κ1) is 29.9. The van der Waals surface area contributed by atoms with Crippen molar-refractivity contribution in [2.24, 2.45) is 0 Å². The predicted octanol–water partition coefficient (Wildman–Crippen LogP) is 7.98. The standard InChI is InChI=1S/C30H43F3N2O/c1-4-7-10-11-25-12-16-27(17-13-25)29(36)35(23-22-34(20-8-5-2)21-9-6-3)24-26-14-18-28(19-15-26)30(31,32)33/h12-19H,4-11,20-24H2,1-3H3. The number of alkyl halides is 3. The highest BCUT2D eigenvalue weighted by atomic mass is 19.4. The normalized spacial score (nSPS) is 11.8. The quantitative estimate of drug-likeness (QED) is 0.216. The fraction of sp³-hybridized carbons (Fsp3) is 0.567. The Bertz CT molecular complexity index is 871. The average molecular weight is 505 g/mol. The summed E-state index contributed by atoms with van der Waals surface area (Å²) < 4.78 is 39.0. The summed E-state index contributed by atoms with van der Waals surface area (Å²) in [5.74, 6) is -0.0825. The summed E-state index contributed by atoms with van der Waals surface area (Å²) in [5, 5.41) is 0. The van der Waals surface area contributed by atoms with Crippen molar-refractivity contribution in [2.45, 2.75) is 84.9 Å². The van der Waals surface area contributed by atoms with Gasteiger partial charge in [0.2, 0.25) is 0 Å². The number of hydrogen-bond donors (Lipinski definition) is 0. The molecule has 0 radical (unpaired) electrons. The fourth-order valence-corrected chi connectivity index (χ4v) is 4.21. The largest absolute Gasteiger partial charge is 0.416 e. The van der Waals surface area contributed by atoms with Gasteiger partial charge in [0.05, 0.1) is 5.56 Å². The van der Waals surface area contributed by atoms with Crippen LogP contribution in [0.2, 0.25) is 0 Å². The highest BCUT2D eigenvalue weighted by Gasteiger charge is 2.30. The number of amides is 1. The van der Waals surface area contributed by atoms with E-state index < -0.39 is 11.7 Å². The second kappa shape index (κ2) is 15.7. The van der Waals surface area contributed by atoms with E-state index in [1.807, 2.05) is 24.3 Å². The molecule has 0 aliphatic heterocycles. The first-order valence-corrected chi connectivity index (χ1v) is 13.5. The molecule has 6 heteroatoms. The third-order valence-electron chi connectivity index (χ3n) is 6.55. The van der Waals surface area contributed by atoms with Crippen LogP contribution in [-0.2, 0) is 19.1 Å². The van der Waals surface area contributed by atoms with Gasteiger partial charge in [-0.2, -0.15) is 13.2 Å². The predicted molar refractivity (Wildman–Crippen MR) is 142 cm³/mol. The van der Waals surface area contributed by atoms with Crippen molar-refractivity contribution in [2.75, 3.05) is 26.2 Å². The van der Waals surface area contributed by atoms with Gasteiger partial charge in [0.1, 0.15) is 0 Å². The van der Waals surface area contributed by atoms with E-state index in [2.05, 4.69) is 25.7 Å². The summed E-state index contributed by atoms with van der Waals surface area (Å²) in [4.78, 5) is 17.7. The number of carbonyl (C=O) groups excluding carboxylic acids is 1. The van der Waals surface area contributed by atoms with E-state index in [1.54, 1.807) is 4.90 Å². The van der Waals surface area contributed by atoms with Crippen molar-refractivity contribution in [3.05, 3.63) is 70.8 Å². The van der Waals surface area contributed by atoms with E-state index in [0.29, 0.717) is 17.7 Å². The molecule has 0 N–H and O–H groups in total. The van der Waals surface area contributed by atoms with Gasteiger partial charge < -0.3 is 9.80 Å². The van der Waals surface area contributed by atoms with Crippen LogP contribution in [0.25, 0.3) is 0 Å². The molecule has 0 saturated carbocycles. The third-order valence-corrected chi connectivity index (χ3v) is 6.55. The lowest BCUT2D eigenvalue weighted by Gasteiger charge is -2.28. The Balaban J connectivity index is 2.17. The maximum atomic E-state index is 13.5. The van der Waals surface area contributed by atoms with Crippen LogP contribution in [0.3, 0.4) is 0 Å². The van der Waals surface area contributed by atoms with Gasteiger partial charge >= 0.3 is 6.18 Å². The summed E-state index contributed by atoms with van der Waals surface area (Å²) in [6, 6.07) is 13.0. The van der Waals surface area contributed by atoms with Gasteiger partial charge in [0, 0.05) is 25.2 Å². The lowest BCUT2D eigenvalue weighted by atomic mass is 10.0. The van der Waals surface area contributed by atoms with Crippen LogP contribution in [0.1, 0.15) is 92.8 Å². The van der Waals surface area contributed by atoms with Crippen LogP contribution in [0.4, 0.5) is 13.2 Å². The van der Waals surface area contributed by atoms with Crippen LogP contribution >= 0.6 is 0 Å². The van der Waals surface area contributed by atoms with Crippen LogP contribution < -0.4 is 0 Å². The summed E-state index contributed by atoms with van der Waals surface area (Å²) in [6.07, 6.45) is 4.56. The molecule has 1 amide bonds. The number of hydrogen-bond acceptors (Lipinski definition) is 2. The van der Waals surface area contributed by atoms with E-state index in [1.165, 1.54) is 30.5 Å². The zero-order chi connectivity index (χ0) is 26.4. The van der Waals surface area contributed by atoms with Crippen molar-refractivity contribution in [3.63, 3.8) is 0 Å². The summed E-state index contributed by atoms with van der Waals surface area (Å²) in [7, 11) is 0.